The van der Waals surface area contributed by atoms with Crippen molar-refractivity contribution in [3.05, 3.63) is 77.2 Å². The number of nitrogens with zero attached hydrogens (tertiary/aromatic N) is 7. The number of aromatic nitrogens is 5. The van der Waals surface area contributed by atoms with E-state index in [-0.39, 0.29) is 5.82 Å². The fourth-order valence-electron chi connectivity index (χ4n) is 3.81. The third-order valence-corrected chi connectivity index (χ3v) is 6.59. The van der Waals surface area contributed by atoms with E-state index in [1.807, 2.05) is 41.6 Å². The van der Waals surface area contributed by atoms with Gasteiger partial charge in [0.2, 0.25) is 0 Å². The quantitative estimate of drug-likeness (QED) is 0.335. The average Bonchev–Trinajstić information content (AvgIpc) is 3.45. The lowest BCUT2D eigenvalue weighted by Crippen LogP contribution is -2.13. The SMILES string of the molecule is CCc1nc2ccc(-c3cnc(C)nc3)cn2c1N(C)c1nc(-c2ccc(F)cc2)c(C#N)s1. The number of hydrogen-bond acceptors (Lipinski definition) is 7. The summed E-state index contributed by atoms with van der Waals surface area (Å²) in [6, 6.07) is 12.2. The average molecular weight is 470 g/mol. The van der Waals surface area contributed by atoms with E-state index in [0.717, 1.165) is 40.5 Å². The summed E-state index contributed by atoms with van der Waals surface area (Å²) < 4.78 is 15.4. The van der Waals surface area contributed by atoms with Crippen molar-refractivity contribution < 1.29 is 4.39 Å². The number of pyridine rings is 1. The fraction of sp³-hybridized carbons (Fsp3) is 0.160. The van der Waals surface area contributed by atoms with Gasteiger partial charge in [0, 0.05) is 42.3 Å². The third kappa shape index (κ3) is 3.78. The van der Waals surface area contributed by atoms with Crippen LogP contribution in [0.2, 0.25) is 0 Å². The van der Waals surface area contributed by atoms with Crippen LogP contribution in [0.25, 0.3) is 28.0 Å². The minimum atomic E-state index is -0.331. The predicted octanol–water partition coefficient (Wildman–Crippen LogP) is 5.56. The molecule has 0 spiro atoms. The number of thiazole rings is 1. The van der Waals surface area contributed by atoms with E-state index in [4.69, 9.17) is 9.97 Å². The molecule has 5 rings (SSSR count). The number of nitriles is 1. The molecule has 4 aromatic heterocycles. The lowest BCUT2D eigenvalue weighted by atomic mass is 10.1. The Hall–Kier alpha value is -4.16. The second-order valence-electron chi connectivity index (χ2n) is 7.75. The summed E-state index contributed by atoms with van der Waals surface area (Å²) in [7, 11) is 1.92. The van der Waals surface area contributed by atoms with Gasteiger partial charge >= 0.3 is 0 Å². The van der Waals surface area contributed by atoms with E-state index < -0.39 is 0 Å². The summed E-state index contributed by atoms with van der Waals surface area (Å²) in [6.07, 6.45) is 6.35. The van der Waals surface area contributed by atoms with Gasteiger partial charge in [0.15, 0.2) is 5.13 Å². The van der Waals surface area contributed by atoms with Crippen LogP contribution in [-0.4, -0.2) is 31.4 Å². The normalized spacial score (nSPS) is 11.0. The first-order valence-corrected chi connectivity index (χ1v) is 11.5. The molecule has 0 fully saturated rings. The molecule has 0 atom stereocenters. The summed E-state index contributed by atoms with van der Waals surface area (Å²) in [5.41, 5.74) is 4.84. The third-order valence-electron chi connectivity index (χ3n) is 5.55. The number of anilines is 2. The maximum absolute atomic E-state index is 13.4. The summed E-state index contributed by atoms with van der Waals surface area (Å²) >= 11 is 1.29. The minimum absolute atomic E-state index is 0.331. The van der Waals surface area contributed by atoms with Crippen LogP contribution in [-0.2, 0) is 6.42 Å². The highest BCUT2D eigenvalue weighted by atomic mass is 32.1. The second-order valence-corrected chi connectivity index (χ2v) is 8.73. The van der Waals surface area contributed by atoms with E-state index >= 15 is 0 Å². The van der Waals surface area contributed by atoms with Gasteiger partial charge in [0.1, 0.15) is 39.7 Å². The Morgan fingerprint density at radius 1 is 1.03 bits per heavy atom. The summed E-state index contributed by atoms with van der Waals surface area (Å²) in [6.45, 7) is 3.91. The molecule has 0 bridgehead atoms. The molecule has 168 valence electrons. The van der Waals surface area contributed by atoms with Crippen molar-refractivity contribution in [3.8, 4) is 28.5 Å². The zero-order valence-electron chi connectivity index (χ0n) is 18.8. The Bertz CT molecular complexity index is 1530. The number of rotatable bonds is 5. The van der Waals surface area contributed by atoms with Crippen LogP contribution in [0.15, 0.2) is 55.0 Å². The predicted molar refractivity (Wildman–Crippen MR) is 131 cm³/mol. The highest BCUT2D eigenvalue weighted by Crippen LogP contribution is 2.37. The molecular weight excluding hydrogens is 449 g/mol. The molecule has 34 heavy (non-hydrogen) atoms. The smallest absolute Gasteiger partial charge is 0.192 e. The number of benzene rings is 1. The van der Waals surface area contributed by atoms with E-state index in [9.17, 15) is 9.65 Å². The summed E-state index contributed by atoms with van der Waals surface area (Å²) in [4.78, 5) is 20.6. The van der Waals surface area contributed by atoms with E-state index in [1.54, 1.807) is 24.5 Å². The van der Waals surface area contributed by atoms with Gasteiger partial charge in [-0.15, -0.1) is 0 Å². The standard InChI is InChI=1S/C25H20FN7S/c1-4-20-24(33-14-17(7-10-22(33)30-20)18-12-28-15(2)29-13-18)32(3)25-31-23(21(11-27)34-25)16-5-8-19(26)9-6-16/h5-10,12-14H,4H2,1-3H3. The lowest BCUT2D eigenvalue weighted by Gasteiger charge is -2.17. The molecule has 0 radical (unpaired) electrons. The molecule has 0 N–H and O–H groups in total. The van der Waals surface area contributed by atoms with Crippen molar-refractivity contribution in [3.63, 3.8) is 0 Å². The largest absolute Gasteiger partial charge is 0.305 e. The van der Waals surface area contributed by atoms with Crippen LogP contribution in [0.1, 0.15) is 23.3 Å². The van der Waals surface area contributed by atoms with Gasteiger partial charge in [0.25, 0.3) is 0 Å². The second kappa shape index (κ2) is 8.65. The van der Waals surface area contributed by atoms with Crippen LogP contribution < -0.4 is 4.90 Å². The Morgan fingerprint density at radius 2 is 1.74 bits per heavy atom. The van der Waals surface area contributed by atoms with Crippen molar-refractivity contribution in [1.82, 2.24) is 24.3 Å². The van der Waals surface area contributed by atoms with Gasteiger partial charge in [-0.25, -0.2) is 24.3 Å². The number of hydrogen-bond donors (Lipinski definition) is 0. The van der Waals surface area contributed by atoms with Crippen molar-refractivity contribution in [2.45, 2.75) is 20.3 Å². The van der Waals surface area contributed by atoms with E-state index in [1.165, 1.54) is 23.5 Å². The molecule has 0 saturated carbocycles. The molecule has 1 aromatic carbocycles. The zero-order valence-corrected chi connectivity index (χ0v) is 19.6. The zero-order chi connectivity index (χ0) is 23.8. The maximum atomic E-state index is 13.4. The summed E-state index contributed by atoms with van der Waals surface area (Å²) in [5, 5.41) is 10.4. The van der Waals surface area contributed by atoms with Crippen molar-refractivity contribution in [1.29, 1.82) is 5.26 Å². The van der Waals surface area contributed by atoms with Gasteiger partial charge in [-0.1, -0.05) is 18.3 Å². The molecular formula is C25H20FN7S. The lowest BCUT2D eigenvalue weighted by molar-refractivity contribution is 0.628. The molecule has 0 amide bonds. The monoisotopic (exact) mass is 469 g/mol. The first-order chi connectivity index (χ1) is 16.5. The highest BCUT2D eigenvalue weighted by Gasteiger charge is 2.22. The van der Waals surface area contributed by atoms with E-state index in [2.05, 4.69) is 23.0 Å². The maximum Gasteiger partial charge on any atom is 0.192 e. The molecule has 0 saturated heterocycles. The number of halogens is 1. The number of fused-ring (bicyclic) bond motifs is 1. The molecule has 0 unspecified atom stereocenters. The molecule has 4 heterocycles. The van der Waals surface area contributed by atoms with Gasteiger partial charge in [-0.2, -0.15) is 5.26 Å². The topological polar surface area (TPSA) is 83.0 Å². The van der Waals surface area contributed by atoms with Crippen molar-refractivity contribution in [2.75, 3.05) is 11.9 Å². The molecule has 9 heteroatoms. The van der Waals surface area contributed by atoms with Crippen LogP contribution in [0, 0.1) is 24.1 Å². The van der Waals surface area contributed by atoms with Crippen LogP contribution >= 0.6 is 11.3 Å². The molecule has 0 aliphatic carbocycles. The molecule has 0 aliphatic rings. The van der Waals surface area contributed by atoms with Gasteiger partial charge in [0.05, 0.1) is 5.69 Å². The van der Waals surface area contributed by atoms with Crippen molar-refractivity contribution >= 4 is 27.9 Å². The van der Waals surface area contributed by atoms with Gasteiger partial charge in [-0.05, 0) is 49.7 Å². The highest BCUT2D eigenvalue weighted by molar-refractivity contribution is 7.16. The number of imidazole rings is 1. The van der Waals surface area contributed by atoms with Crippen LogP contribution in [0.5, 0.6) is 0 Å². The Morgan fingerprint density at radius 3 is 2.41 bits per heavy atom. The van der Waals surface area contributed by atoms with Crippen LogP contribution in [0.4, 0.5) is 15.3 Å². The minimum Gasteiger partial charge on any atom is -0.305 e. The van der Waals surface area contributed by atoms with E-state index in [0.29, 0.717) is 21.3 Å². The first-order valence-electron chi connectivity index (χ1n) is 10.7. The summed E-state index contributed by atoms with van der Waals surface area (Å²) in [5.74, 6) is 1.26. The Labute approximate surface area is 199 Å². The molecule has 7 nitrogen and oxygen atoms in total. The fourth-order valence-corrected chi connectivity index (χ4v) is 4.66. The van der Waals surface area contributed by atoms with Gasteiger partial charge < -0.3 is 4.90 Å². The first kappa shape index (κ1) is 21.7. The Balaban J connectivity index is 1.62. The van der Waals surface area contributed by atoms with Gasteiger partial charge in [-0.3, -0.25) is 4.40 Å². The van der Waals surface area contributed by atoms with Crippen LogP contribution in [0.3, 0.4) is 0 Å². The molecule has 0 aliphatic heterocycles. The Kier molecular flexibility index (Phi) is 5.51. The number of aryl methyl sites for hydroxylation is 2. The molecule has 5 aromatic rings. The van der Waals surface area contributed by atoms with Crippen molar-refractivity contribution in [2.24, 2.45) is 0 Å².